The molecule has 1 aromatic heterocycles. The second-order valence-corrected chi connectivity index (χ2v) is 7.89. The molecule has 0 fully saturated rings. The summed E-state index contributed by atoms with van der Waals surface area (Å²) in [5.74, 6) is -0.0333. The Hall–Kier alpha value is -2.85. The van der Waals surface area contributed by atoms with Crippen LogP contribution in [0.2, 0.25) is 0 Å². The molecule has 3 rings (SSSR count). The third-order valence-electron chi connectivity index (χ3n) is 3.98. The minimum Gasteiger partial charge on any atom is -0.493 e. The van der Waals surface area contributed by atoms with Crippen molar-refractivity contribution in [2.75, 3.05) is 20.3 Å². The van der Waals surface area contributed by atoms with Gasteiger partial charge in [-0.3, -0.25) is 4.79 Å². The molecule has 1 amide bonds. The Kier molecular flexibility index (Phi) is 7.69. The van der Waals surface area contributed by atoms with Crippen molar-refractivity contribution in [2.45, 2.75) is 6.92 Å². The summed E-state index contributed by atoms with van der Waals surface area (Å²) in [6.07, 6.45) is 1.45. The number of nitrogens with one attached hydrogen (secondary N) is 1. The van der Waals surface area contributed by atoms with E-state index in [1.807, 2.05) is 12.1 Å². The van der Waals surface area contributed by atoms with Gasteiger partial charge in [0.25, 0.3) is 0 Å². The van der Waals surface area contributed by atoms with Crippen molar-refractivity contribution in [1.29, 1.82) is 0 Å². The van der Waals surface area contributed by atoms with Crippen LogP contribution in [0.3, 0.4) is 0 Å². The maximum absolute atomic E-state index is 12.3. The quantitative estimate of drug-likeness (QED) is 0.247. The Morgan fingerprint density at radius 2 is 1.97 bits per heavy atom. The average Bonchev–Trinajstić information content (AvgIpc) is 3.17. The number of halogens is 2. The summed E-state index contributed by atoms with van der Waals surface area (Å²) in [7, 11) is 1.48. The minimum absolute atomic E-state index is 0.131. The number of ether oxygens (including phenoxy) is 3. The van der Waals surface area contributed by atoms with Gasteiger partial charge in [-0.25, -0.2) is 10.2 Å². The predicted octanol–water partition coefficient (Wildman–Crippen LogP) is 4.67. The zero-order valence-electron chi connectivity index (χ0n) is 16.6. The lowest BCUT2D eigenvalue weighted by atomic mass is 10.2. The van der Waals surface area contributed by atoms with Gasteiger partial charge in [0.15, 0.2) is 23.9 Å². The van der Waals surface area contributed by atoms with E-state index in [2.05, 4.69) is 42.4 Å². The molecule has 31 heavy (non-hydrogen) atoms. The molecule has 0 aliphatic carbocycles. The van der Waals surface area contributed by atoms with E-state index >= 15 is 0 Å². The number of amides is 1. The monoisotopic (exact) mass is 552 g/mol. The zero-order valence-corrected chi connectivity index (χ0v) is 19.8. The molecule has 0 radical (unpaired) electrons. The van der Waals surface area contributed by atoms with Gasteiger partial charge in [-0.05, 0) is 64.8 Å². The number of furan rings is 1. The number of fused-ring (bicyclic) bond motifs is 1. The highest BCUT2D eigenvalue weighted by molar-refractivity contribution is 9.11. The lowest BCUT2D eigenvalue weighted by molar-refractivity contribution is -0.145. The molecule has 0 saturated heterocycles. The maximum Gasteiger partial charge on any atom is 0.344 e. The molecule has 1 heterocycles. The SMILES string of the molecule is CCOC(=O)COc1ccc(/C=N\NC(=O)c2cc3cc(Br)cc(Br)c3o2)cc1OC. The number of hydrogen-bond donors (Lipinski definition) is 1. The summed E-state index contributed by atoms with van der Waals surface area (Å²) in [5, 5.41) is 4.73. The first-order valence-electron chi connectivity index (χ1n) is 9.09. The number of carbonyl (C=O) groups excluding carboxylic acids is 2. The molecule has 0 aliphatic rings. The van der Waals surface area contributed by atoms with Crippen molar-refractivity contribution >= 4 is 60.9 Å². The summed E-state index contributed by atoms with van der Waals surface area (Å²) in [6.45, 7) is 1.78. The fraction of sp³-hybridized carbons (Fsp3) is 0.190. The van der Waals surface area contributed by atoms with Crippen molar-refractivity contribution in [3.8, 4) is 11.5 Å². The van der Waals surface area contributed by atoms with Gasteiger partial charge in [-0.1, -0.05) is 15.9 Å². The van der Waals surface area contributed by atoms with E-state index in [4.69, 9.17) is 18.6 Å². The largest absolute Gasteiger partial charge is 0.493 e. The molecule has 0 saturated carbocycles. The topological polar surface area (TPSA) is 99.4 Å². The summed E-state index contributed by atoms with van der Waals surface area (Å²) < 4.78 is 22.7. The number of carbonyl (C=O) groups is 2. The summed E-state index contributed by atoms with van der Waals surface area (Å²) in [6, 6.07) is 10.3. The zero-order chi connectivity index (χ0) is 22.4. The summed E-state index contributed by atoms with van der Waals surface area (Å²) >= 11 is 6.81. The van der Waals surface area contributed by atoms with Crippen LogP contribution in [-0.2, 0) is 9.53 Å². The second kappa shape index (κ2) is 10.5. The lowest BCUT2D eigenvalue weighted by Gasteiger charge is -2.10. The molecule has 0 aliphatic heterocycles. The molecule has 0 atom stereocenters. The predicted molar refractivity (Wildman–Crippen MR) is 122 cm³/mol. The van der Waals surface area contributed by atoms with Crippen LogP contribution in [0, 0.1) is 0 Å². The third-order valence-corrected chi connectivity index (χ3v) is 5.02. The number of esters is 1. The molecule has 8 nitrogen and oxygen atoms in total. The van der Waals surface area contributed by atoms with E-state index in [0.717, 1.165) is 14.3 Å². The van der Waals surface area contributed by atoms with Gasteiger partial charge in [0, 0.05) is 9.86 Å². The molecule has 3 aromatic rings. The number of hydrogen-bond acceptors (Lipinski definition) is 7. The number of benzene rings is 2. The molecule has 162 valence electrons. The van der Waals surface area contributed by atoms with E-state index < -0.39 is 11.9 Å². The molecular formula is C21H18Br2N2O6. The lowest BCUT2D eigenvalue weighted by Crippen LogP contribution is -2.16. The Labute approximate surface area is 194 Å². The van der Waals surface area contributed by atoms with Crippen molar-refractivity contribution in [2.24, 2.45) is 5.10 Å². The van der Waals surface area contributed by atoms with Crippen molar-refractivity contribution < 1.29 is 28.2 Å². The first-order valence-corrected chi connectivity index (χ1v) is 10.7. The van der Waals surface area contributed by atoms with Crippen LogP contribution in [0.25, 0.3) is 11.0 Å². The highest BCUT2D eigenvalue weighted by Crippen LogP contribution is 2.31. The Balaban J connectivity index is 1.65. The standard InChI is InChI=1S/C21H18Br2N2O6/c1-3-29-19(26)11-30-16-5-4-12(6-17(16)28-2)10-24-25-21(27)18-8-13-7-14(22)9-15(23)20(13)31-18/h4-10H,3,11H2,1-2H3,(H,25,27)/b24-10-. The van der Waals surface area contributed by atoms with E-state index in [1.165, 1.54) is 13.3 Å². The summed E-state index contributed by atoms with van der Waals surface area (Å²) in [5.41, 5.74) is 3.64. The van der Waals surface area contributed by atoms with Crippen molar-refractivity contribution in [3.05, 3.63) is 56.7 Å². The Morgan fingerprint density at radius 3 is 2.71 bits per heavy atom. The normalized spacial score (nSPS) is 11.0. The molecule has 10 heteroatoms. The van der Waals surface area contributed by atoms with Gasteiger partial charge in [0.05, 0.1) is 24.4 Å². The fourth-order valence-corrected chi connectivity index (χ4v) is 3.97. The smallest absolute Gasteiger partial charge is 0.344 e. The average molecular weight is 554 g/mol. The Bertz CT molecular complexity index is 1140. The van der Waals surface area contributed by atoms with Crippen LogP contribution in [0.15, 0.2) is 54.9 Å². The van der Waals surface area contributed by atoms with E-state index in [0.29, 0.717) is 22.6 Å². The Morgan fingerprint density at radius 1 is 1.16 bits per heavy atom. The van der Waals surface area contributed by atoms with Crippen molar-refractivity contribution in [1.82, 2.24) is 5.43 Å². The fourth-order valence-electron chi connectivity index (χ4n) is 2.63. The molecule has 0 spiro atoms. The van der Waals surface area contributed by atoms with Gasteiger partial charge < -0.3 is 18.6 Å². The van der Waals surface area contributed by atoms with Gasteiger partial charge in [0.2, 0.25) is 0 Å². The van der Waals surface area contributed by atoms with Gasteiger partial charge in [0.1, 0.15) is 5.58 Å². The van der Waals surface area contributed by atoms with Crippen LogP contribution in [0.1, 0.15) is 23.0 Å². The van der Waals surface area contributed by atoms with Gasteiger partial charge in [-0.2, -0.15) is 5.10 Å². The van der Waals surface area contributed by atoms with Crippen LogP contribution >= 0.6 is 31.9 Å². The molecule has 0 unspecified atom stereocenters. The van der Waals surface area contributed by atoms with E-state index in [9.17, 15) is 9.59 Å². The highest BCUT2D eigenvalue weighted by Gasteiger charge is 2.14. The molecule has 2 aromatic carbocycles. The second-order valence-electron chi connectivity index (χ2n) is 6.12. The van der Waals surface area contributed by atoms with E-state index in [1.54, 1.807) is 31.2 Å². The van der Waals surface area contributed by atoms with Crippen molar-refractivity contribution in [3.63, 3.8) is 0 Å². The number of rotatable bonds is 8. The minimum atomic E-state index is -0.489. The maximum atomic E-state index is 12.3. The van der Waals surface area contributed by atoms with Crippen LogP contribution < -0.4 is 14.9 Å². The number of methoxy groups -OCH3 is 1. The number of nitrogens with zero attached hydrogens (tertiary/aromatic N) is 1. The van der Waals surface area contributed by atoms with E-state index in [-0.39, 0.29) is 19.0 Å². The number of hydrazone groups is 1. The first kappa shape index (κ1) is 22.8. The highest BCUT2D eigenvalue weighted by atomic mass is 79.9. The third kappa shape index (κ3) is 5.86. The van der Waals surface area contributed by atoms with Crippen LogP contribution in [0.5, 0.6) is 11.5 Å². The molecular weight excluding hydrogens is 536 g/mol. The molecule has 1 N–H and O–H groups in total. The van der Waals surface area contributed by atoms with Gasteiger partial charge in [-0.15, -0.1) is 0 Å². The molecule has 0 bridgehead atoms. The van der Waals surface area contributed by atoms with Gasteiger partial charge >= 0.3 is 11.9 Å². The van der Waals surface area contributed by atoms with Crippen LogP contribution in [-0.4, -0.2) is 38.4 Å². The first-order chi connectivity index (χ1) is 14.9. The van der Waals surface area contributed by atoms with Crippen LogP contribution in [0.4, 0.5) is 0 Å². The summed E-state index contributed by atoms with van der Waals surface area (Å²) in [4.78, 5) is 23.8.